The molecule has 10 heteroatoms. The van der Waals surface area contributed by atoms with Gasteiger partial charge in [-0.15, -0.1) is 0 Å². The maximum absolute atomic E-state index is 9.23. The Labute approximate surface area is 180 Å². The van der Waals surface area contributed by atoms with Crippen molar-refractivity contribution in [1.29, 1.82) is 0 Å². The molecule has 0 radical (unpaired) electrons. The van der Waals surface area contributed by atoms with Crippen LogP contribution < -0.4 is 5.19 Å². The van der Waals surface area contributed by atoms with E-state index in [0.29, 0.717) is 0 Å². The van der Waals surface area contributed by atoms with Crippen LogP contribution in [0.4, 0.5) is 0 Å². The van der Waals surface area contributed by atoms with E-state index >= 15 is 0 Å². The number of hydrogen-bond donors (Lipinski definition) is 2. The molecule has 0 saturated heterocycles. The number of rotatable bonds is 9. The van der Waals surface area contributed by atoms with Gasteiger partial charge in [0, 0.05) is 47.8 Å². The van der Waals surface area contributed by atoms with Crippen LogP contribution in [-0.4, -0.2) is 70.5 Å². The first-order valence-electron chi connectivity index (χ1n) is 9.17. The first-order chi connectivity index (χ1) is 14.3. The largest absolute Gasteiger partial charge is 0.536 e. The van der Waals surface area contributed by atoms with Gasteiger partial charge in [-0.1, -0.05) is 31.2 Å². The van der Waals surface area contributed by atoms with Crippen molar-refractivity contribution in [2.24, 2.45) is 0 Å². The van der Waals surface area contributed by atoms with Crippen LogP contribution in [0.3, 0.4) is 0 Å². The van der Waals surface area contributed by atoms with Crippen molar-refractivity contribution in [3.05, 3.63) is 54.1 Å². The first kappa shape index (κ1) is 26.3. The van der Waals surface area contributed by atoms with Crippen molar-refractivity contribution in [3.63, 3.8) is 0 Å². The van der Waals surface area contributed by atoms with Gasteiger partial charge >= 0.3 is 17.6 Å². The monoisotopic (exact) mass is 456 g/mol. The van der Waals surface area contributed by atoms with Gasteiger partial charge < -0.3 is 36.8 Å². The molecular formula is C20H32O8Si2. The van der Waals surface area contributed by atoms with Crippen LogP contribution in [0, 0.1) is 0 Å². The van der Waals surface area contributed by atoms with Crippen molar-refractivity contribution < 1.29 is 36.8 Å². The zero-order chi connectivity index (χ0) is 22.8. The molecule has 0 spiro atoms. The predicted octanol–water partition coefficient (Wildman–Crippen LogP) is 2.39. The second kappa shape index (κ2) is 12.2. The highest BCUT2D eigenvalue weighted by Crippen LogP contribution is 2.29. The van der Waals surface area contributed by atoms with Gasteiger partial charge in [-0.2, -0.15) is 0 Å². The molecule has 0 aromatic heterocycles. The van der Waals surface area contributed by atoms with Crippen LogP contribution in [0.1, 0.15) is 18.0 Å². The molecule has 0 fully saturated rings. The molecule has 2 aromatic carbocycles. The smallest absolute Gasteiger partial charge is 0.508 e. The Morgan fingerprint density at radius 3 is 1.30 bits per heavy atom. The molecule has 0 heterocycles. The second-order valence-electron chi connectivity index (χ2n) is 6.24. The summed E-state index contributed by atoms with van der Waals surface area (Å²) < 4.78 is 32.1. The highest BCUT2D eigenvalue weighted by molar-refractivity contribution is 6.75. The molecule has 0 amide bonds. The van der Waals surface area contributed by atoms with Gasteiger partial charge in [0.1, 0.15) is 11.5 Å². The summed E-state index contributed by atoms with van der Waals surface area (Å²) in [4.78, 5) is 0. The minimum Gasteiger partial charge on any atom is -0.508 e. The summed E-state index contributed by atoms with van der Waals surface area (Å²) in [5, 5.41) is 19.2. The van der Waals surface area contributed by atoms with E-state index in [1.807, 2.05) is 19.1 Å². The molecule has 168 valence electrons. The molecule has 2 N–H and O–H groups in total. The van der Waals surface area contributed by atoms with Crippen LogP contribution in [0.5, 0.6) is 11.5 Å². The van der Waals surface area contributed by atoms with E-state index in [9.17, 15) is 5.11 Å². The molecule has 30 heavy (non-hydrogen) atoms. The Balaban J connectivity index is 0.000000303. The Hall–Kier alpha value is -1.77. The highest BCUT2D eigenvalue weighted by Gasteiger charge is 2.45. The van der Waals surface area contributed by atoms with Gasteiger partial charge in [0.05, 0.1) is 5.54 Å². The number of benzene rings is 2. The lowest BCUT2D eigenvalue weighted by molar-refractivity contribution is 0.114. The Bertz CT molecular complexity index is 715. The van der Waals surface area contributed by atoms with Gasteiger partial charge in [-0.25, -0.2) is 0 Å². The average Bonchev–Trinajstić information content (AvgIpc) is 2.79. The van der Waals surface area contributed by atoms with Crippen LogP contribution in [0.15, 0.2) is 48.5 Å². The maximum Gasteiger partial charge on any atom is 0.536 e. The average molecular weight is 457 g/mol. The Morgan fingerprint density at radius 2 is 0.967 bits per heavy atom. The fourth-order valence-electron chi connectivity index (χ4n) is 3.02. The molecule has 1 unspecified atom stereocenters. The predicted molar refractivity (Wildman–Crippen MR) is 118 cm³/mol. The maximum atomic E-state index is 9.23. The number of phenolic OH excluding ortho intramolecular Hbond substituents is 2. The number of phenols is 2. The van der Waals surface area contributed by atoms with E-state index in [1.165, 1.54) is 0 Å². The molecule has 8 nitrogen and oxygen atoms in total. The zero-order valence-electron chi connectivity index (χ0n) is 18.5. The lowest BCUT2D eigenvalue weighted by Crippen LogP contribution is -2.54. The molecule has 0 saturated carbocycles. The number of aromatic hydroxyl groups is 2. The minimum atomic E-state index is -2.73. The molecule has 1 atom stereocenters. The van der Waals surface area contributed by atoms with E-state index < -0.39 is 17.6 Å². The topological polar surface area (TPSA) is 95.8 Å². The molecule has 0 aliphatic heterocycles. The van der Waals surface area contributed by atoms with Crippen LogP contribution in [0.2, 0.25) is 0 Å². The molecule has 0 bridgehead atoms. The third kappa shape index (κ3) is 6.12. The highest BCUT2D eigenvalue weighted by atomic mass is 28.4. The van der Waals surface area contributed by atoms with Crippen molar-refractivity contribution in [2.75, 3.05) is 42.7 Å². The van der Waals surface area contributed by atoms with Crippen molar-refractivity contribution in [3.8, 4) is 11.5 Å². The van der Waals surface area contributed by atoms with Crippen LogP contribution in [0.25, 0.3) is 0 Å². The first-order valence-corrected chi connectivity index (χ1v) is 12.7. The van der Waals surface area contributed by atoms with Gasteiger partial charge in [0.15, 0.2) is 0 Å². The second-order valence-corrected chi connectivity index (χ2v) is 12.5. The molecular weight excluding hydrogens is 424 g/mol. The lowest BCUT2D eigenvalue weighted by atomic mass is 10.1. The Morgan fingerprint density at radius 1 is 0.600 bits per heavy atom. The summed E-state index contributed by atoms with van der Waals surface area (Å²) in [6, 6.07) is 13.6. The summed E-state index contributed by atoms with van der Waals surface area (Å²) in [6.45, 7) is 2.00. The van der Waals surface area contributed by atoms with Crippen LogP contribution >= 0.6 is 0 Å². The van der Waals surface area contributed by atoms with E-state index in [1.54, 1.807) is 79.1 Å². The summed E-state index contributed by atoms with van der Waals surface area (Å²) in [5.74, 6) is 0.454. The SMILES string of the molecule is CO[Si](OC)(OC)C(C)c1ccc(O)cc1.CO[Si](OC)(OC)c1ccc(O)cc1. The fraction of sp³-hybridized carbons (Fsp3) is 0.400. The van der Waals surface area contributed by atoms with Crippen molar-refractivity contribution in [1.82, 2.24) is 0 Å². The van der Waals surface area contributed by atoms with Gasteiger partial charge in [-0.05, 0) is 29.8 Å². The van der Waals surface area contributed by atoms with Crippen molar-refractivity contribution in [2.45, 2.75) is 12.5 Å². The molecule has 0 aliphatic rings. The third-order valence-electron chi connectivity index (χ3n) is 4.80. The zero-order valence-corrected chi connectivity index (χ0v) is 20.5. The van der Waals surface area contributed by atoms with Gasteiger partial charge in [0.25, 0.3) is 0 Å². The van der Waals surface area contributed by atoms with Gasteiger partial charge in [0.2, 0.25) is 0 Å². The fourth-order valence-corrected chi connectivity index (χ4v) is 6.96. The molecule has 0 aliphatic carbocycles. The summed E-state index contributed by atoms with van der Waals surface area (Å²) in [5.41, 5.74) is 1.04. The van der Waals surface area contributed by atoms with E-state index in [2.05, 4.69) is 0 Å². The summed E-state index contributed by atoms with van der Waals surface area (Å²) in [6.07, 6.45) is 0. The van der Waals surface area contributed by atoms with E-state index in [4.69, 9.17) is 31.7 Å². The minimum absolute atomic E-state index is 0.0214. The van der Waals surface area contributed by atoms with E-state index in [-0.39, 0.29) is 17.0 Å². The van der Waals surface area contributed by atoms with Crippen molar-refractivity contribution >= 4 is 22.8 Å². The van der Waals surface area contributed by atoms with Gasteiger partial charge in [-0.3, -0.25) is 0 Å². The lowest BCUT2D eigenvalue weighted by Gasteiger charge is -2.30. The van der Waals surface area contributed by atoms with E-state index in [0.717, 1.165) is 10.8 Å². The third-order valence-corrected chi connectivity index (χ3v) is 10.6. The van der Waals surface area contributed by atoms with Crippen LogP contribution in [-0.2, 0) is 26.6 Å². The summed E-state index contributed by atoms with van der Waals surface area (Å²) >= 11 is 0. The molecule has 2 rings (SSSR count). The molecule has 2 aromatic rings. The standard InChI is InChI=1S/C11H18O4Si.C9H14O4Si/c1-9(16(13-2,14-3)15-4)10-5-7-11(12)8-6-10;1-11-14(12-2,13-3)9-6-4-8(10)5-7-9/h5-9,12H,1-4H3;4-7,10H,1-3H3. The Kier molecular flexibility index (Phi) is 10.7. The number of hydrogen-bond acceptors (Lipinski definition) is 8. The summed E-state index contributed by atoms with van der Waals surface area (Å²) in [7, 11) is 4.04. The quantitative estimate of drug-likeness (QED) is 0.556. The normalized spacial score (nSPS) is 12.8.